The highest BCUT2D eigenvalue weighted by molar-refractivity contribution is 6.02. The second-order valence-electron chi connectivity index (χ2n) is 6.61. The molecule has 0 bridgehead atoms. The number of amides is 1. The van der Waals surface area contributed by atoms with Crippen molar-refractivity contribution in [1.29, 1.82) is 5.26 Å². The van der Waals surface area contributed by atoms with Crippen molar-refractivity contribution in [3.8, 4) is 6.07 Å². The predicted octanol–water partition coefficient (Wildman–Crippen LogP) is 4.02. The van der Waals surface area contributed by atoms with Crippen molar-refractivity contribution in [1.82, 2.24) is 9.97 Å². The Morgan fingerprint density at radius 2 is 1.89 bits per heavy atom. The zero-order valence-electron chi connectivity index (χ0n) is 15.8. The van der Waals surface area contributed by atoms with Gasteiger partial charge in [0.15, 0.2) is 0 Å². The number of nitrogens with zero attached hydrogens (tertiary/aromatic N) is 4. The van der Waals surface area contributed by atoms with E-state index in [-0.39, 0.29) is 17.6 Å². The molecule has 0 aliphatic heterocycles. The molecule has 6 heteroatoms. The topological polar surface area (TPSA) is 81.9 Å². The van der Waals surface area contributed by atoms with Crippen molar-refractivity contribution in [3.63, 3.8) is 0 Å². The average Bonchev–Trinajstić information content (AvgIpc) is 2.73. The van der Waals surface area contributed by atoms with E-state index >= 15 is 0 Å². The van der Waals surface area contributed by atoms with Gasteiger partial charge in [-0.3, -0.25) is 4.79 Å². The lowest BCUT2D eigenvalue weighted by Gasteiger charge is -2.27. The summed E-state index contributed by atoms with van der Waals surface area (Å²) in [5.74, 6) is 0.343. The van der Waals surface area contributed by atoms with E-state index in [1.807, 2.05) is 24.3 Å². The lowest BCUT2D eigenvalue weighted by atomic mass is 10.2. The molecule has 3 aromatic rings. The van der Waals surface area contributed by atoms with E-state index in [2.05, 4.69) is 46.2 Å². The largest absolute Gasteiger partial charge is 0.349 e. The normalized spacial score (nSPS) is 10.4. The Morgan fingerprint density at radius 3 is 2.54 bits per heavy atom. The van der Waals surface area contributed by atoms with Crippen LogP contribution in [0.25, 0.3) is 0 Å². The third kappa shape index (κ3) is 4.71. The van der Waals surface area contributed by atoms with Crippen LogP contribution in [-0.4, -0.2) is 21.9 Å². The van der Waals surface area contributed by atoms with Gasteiger partial charge >= 0.3 is 0 Å². The van der Waals surface area contributed by atoms with Crippen LogP contribution in [0.2, 0.25) is 0 Å². The van der Waals surface area contributed by atoms with Crippen molar-refractivity contribution < 1.29 is 4.79 Å². The summed E-state index contributed by atoms with van der Waals surface area (Å²) in [5, 5.41) is 11.7. The number of rotatable bonds is 6. The van der Waals surface area contributed by atoms with E-state index in [9.17, 15) is 4.79 Å². The Kier molecular flexibility index (Phi) is 5.97. The Hall–Kier alpha value is -3.72. The molecule has 0 saturated heterocycles. The van der Waals surface area contributed by atoms with Crippen LogP contribution in [-0.2, 0) is 6.54 Å². The maximum Gasteiger partial charge on any atom is 0.275 e. The zero-order valence-corrected chi connectivity index (χ0v) is 15.8. The van der Waals surface area contributed by atoms with Crippen molar-refractivity contribution in [2.45, 2.75) is 26.4 Å². The summed E-state index contributed by atoms with van der Waals surface area (Å²) >= 11 is 0. The lowest BCUT2D eigenvalue weighted by Crippen LogP contribution is -2.31. The zero-order chi connectivity index (χ0) is 19.9. The van der Waals surface area contributed by atoms with Gasteiger partial charge < -0.3 is 10.2 Å². The number of aromatic nitrogens is 2. The highest BCUT2D eigenvalue weighted by Crippen LogP contribution is 2.17. The molecule has 0 radical (unpaired) electrons. The number of carbonyl (C=O) groups excluding carboxylic acids is 1. The predicted molar refractivity (Wildman–Crippen MR) is 109 cm³/mol. The van der Waals surface area contributed by atoms with Gasteiger partial charge in [0, 0.05) is 18.3 Å². The summed E-state index contributed by atoms with van der Waals surface area (Å²) in [7, 11) is 0. The molecule has 1 amide bonds. The van der Waals surface area contributed by atoms with Crippen LogP contribution >= 0.6 is 0 Å². The van der Waals surface area contributed by atoms with Crippen molar-refractivity contribution >= 4 is 17.4 Å². The summed E-state index contributed by atoms with van der Waals surface area (Å²) in [5.41, 5.74) is 2.42. The van der Waals surface area contributed by atoms with E-state index in [0.717, 1.165) is 0 Å². The number of anilines is 2. The standard InChI is InChI=1S/C22H21N5O/c1-16(2)27(15-17-7-4-3-5-8-17)21-14-24-20(13-25-21)22(28)26-19-10-6-9-18(11-19)12-23/h3-11,13-14,16H,15H2,1-2H3,(H,26,28). The molecule has 0 saturated carbocycles. The van der Waals surface area contributed by atoms with Crippen LogP contribution in [0.15, 0.2) is 67.0 Å². The minimum Gasteiger partial charge on any atom is -0.349 e. The molecule has 28 heavy (non-hydrogen) atoms. The second kappa shape index (κ2) is 8.78. The Balaban J connectivity index is 1.73. The summed E-state index contributed by atoms with van der Waals surface area (Å²) in [6.07, 6.45) is 3.09. The van der Waals surface area contributed by atoms with Crippen LogP contribution < -0.4 is 10.2 Å². The first-order valence-electron chi connectivity index (χ1n) is 9.01. The van der Waals surface area contributed by atoms with Gasteiger partial charge in [0.25, 0.3) is 5.91 Å². The molecule has 1 N–H and O–H groups in total. The average molecular weight is 371 g/mol. The lowest BCUT2D eigenvalue weighted by molar-refractivity contribution is 0.102. The van der Waals surface area contributed by atoms with Gasteiger partial charge in [0.05, 0.1) is 24.0 Å². The summed E-state index contributed by atoms with van der Waals surface area (Å²) < 4.78 is 0. The number of hydrogen-bond acceptors (Lipinski definition) is 5. The number of nitrogens with one attached hydrogen (secondary N) is 1. The fraction of sp³-hybridized carbons (Fsp3) is 0.182. The van der Waals surface area contributed by atoms with E-state index in [1.54, 1.807) is 30.5 Å². The van der Waals surface area contributed by atoms with E-state index in [4.69, 9.17) is 5.26 Å². The molecule has 0 aliphatic carbocycles. The molecule has 0 fully saturated rings. The number of benzene rings is 2. The maximum absolute atomic E-state index is 12.4. The van der Waals surface area contributed by atoms with E-state index in [1.165, 1.54) is 11.8 Å². The van der Waals surface area contributed by atoms with Crippen LogP contribution in [0.1, 0.15) is 35.5 Å². The summed E-state index contributed by atoms with van der Waals surface area (Å²) in [4.78, 5) is 23.3. The molecule has 0 unspecified atom stereocenters. The van der Waals surface area contributed by atoms with Crippen molar-refractivity contribution in [3.05, 3.63) is 83.8 Å². The first-order valence-corrected chi connectivity index (χ1v) is 9.01. The van der Waals surface area contributed by atoms with Crippen LogP contribution in [0.4, 0.5) is 11.5 Å². The van der Waals surface area contributed by atoms with Gasteiger partial charge in [-0.05, 0) is 37.6 Å². The summed E-state index contributed by atoms with van der Waals surface area (Å²) in [6, 6.07) is 19.1. The van der Waals surface area contributed by atoms with Gasteiger partial charge in [-0.2, -0.15) is 5.26 Å². The third-order valence-corrected chi connectivity index (χ3v) is 4.23. The smallest absolute Gasteiger partial charge is 0.275 e. The van der Waals surface area contributed by atoms with E-state index in [0.29, 0.717) is 23.6 Å². The van der Waals surface area contributed by atoms with Crippen LogP contribution in [0.3, 0.4) is 0 Å². The Bertz CT molecular complexity index is 978. The monoisotopic (exact) mass is 371 g/mol. The molecule has 2 aromatic carbocycles. The highest BCUT2D eigenvalue weighted by atomic mass is 16.1. The maximum atomic E-state index is 12.4. The van der Waals surface area contributed by atoms with Gasteiger partial charge in [-0.25, -0.2) is 9.97 Å². The molecule has 0 atom stereocenters. The van der Waals surface area contributed by atoms with Crippen molar-refractivity contribution in [2.24, 2.45) is 0 Å². The molecule has 1 heterocycles. The number of nitriles is 1. The fourth-order valence-corrected chi connectivity index (χ4v) is 2.76. The van der Waals surface area contributed by atoms with Crippen LogP contribution in [0.5, 0.6) is 0 Å². The fourth-order valence-electron chi connectivity index (χ4n) is 2.76. The van der Waals surface area contributed by atoms with Gasteiger partial charge in [-0.1, -0.05) is 36.4 Å². The molecule has 0 aliphatic rings. The number of hydrogen-bond donors (Lipinski definition) is 1. The minimum absolute atomic E-state index is 0.217. The van der Waals surface area contributed by atoms with Crippen molar-refractivity contribution in [2.75, 3.05) is 10.2 Å². The first kappa shape index (κ1) is 19.1. The van der Waals surface area contributed by atoms with E-state index < -0.39 is 0 Å². The third-order valence-electron chi connectivity index (χ3n) is 4.23. The molecule has 140 valence electrons. The number of carbonyl (C=O) groups is 1. The SMILES string of the molecule is CC(C)N(Cc1ccccc1)c1cnc(C(=O)Nc2cccc(C#N)c2)cn1. The van der Waals surface area contributed by atoms with Gasteiger partial charge in [0.2, 0.25) is 0 Å². The molecule has 1 aromatic heterocycles. The quantitative estimate of drug-likeness (QED) is 0.708. The molecular formula is C22H21N5O. The Labute approximate surface area is 164 Å². The minimum atomic E-state index is -0.367. The highest BCUT2D eigenvalue weighted by Gasteiger charge is 2.15. The van der Waals surface area contributed by atoms with Gasteiger partial charge in [-0.15, -0.1) is 0 Å². The van der Waals surface area contributed by atoms with Crippen LogP contribution in [0, 0.1) is 11.3 Å². The first-order chi connectivity index (χ1) is 13.6. The molecular weight excluding hydrogens is 350 g/mol. The second-order valence-corrected chi connectivity index (χ2v) is 6.61. The molecule has 3 rings (SSSR count). The Morgan fingerprint density at radius 1 is 1.11 bits per heavy atom. The van der Waals surface area contributed by atoms with Gasteiger partial charge in [0.1, 0.15) is 11.5 Å². The molecule has 6 nitrogen and oxygen atoms in total. The summed E-state index contributed by atoms with van der Waals surface area (Å²) in [6.45, 7) is 4.89. The molecule has 0 spiro atoms.